The highest BCUT2D eigenvalue weighted by Crippen LogP contribution is 2.31. The van der Waals surface area contributed by atoms with Crippen LogP contribution in [0.2, 0.25) is 0 Å². The number of anilines is 1. The number of aromatic nitrogens is 2. The molecule has 8 nitrogen and oxygen atoms in total. The molecular formula is C20H25N3O5. The first-order valence-electron chi connectivity index (χ1n) is 9.30. The van der Waals surface area contributed by atoms with Crippen molar-refractivity contribution in [2.45, 2.75) is 38.1 Å². The highest BCUT2D eigenvalue weighted by molar-refractivity contribution is 5.92. The van der Waals surface area contributed by atoms with Gasteiger partial charge in [0.25, 0.3) is 5.91 Å². The molecule has 0 atom stereocenters. The molecule has 1 aliphatic carbocycles. The van der Waals surface area contributed by atoms with Crippen LogP contribution in [0, 0.1) is 0 Å². The lowest BCUT2D eigenvalue weighted by Crippen LogP contribution is -2.23. The van der Waals surface area contributed by atoms with Crippen molar-refractivity contribution in [2.75, 3.05) is 26.1 Å². The molecule has 1 aliphatic rings. The lowest BCUT2D eigenvalue weighted by Gasteiger charge is -2.14. The zero-order chi connectivity index (χ0) is 19.9. The van der Waals surface area contributed by atoms with E-state index < -0.39 is 5.97 Å². The fraction of sp³-hybridized carbons (Fsp3) is 0.450. The van der Waals surface area contributed by atoms with Gasteiger partial charge in [0.1, 0.15) is 5.82 Å². The zero-order valence-electron chi connectivity index (χ0n) is 16.1. The van der Waals surface area contributed by atoms with E-state index in [0.717, 1.165) is 12.8 Å². The lowest BCUT2D eigenvalue weighted by atomic mass is 10.1. The fourth-order valence-corrected chi connectivity index (χ4v) is 3.39. The fourth-order valence-electron chi connectivity index (χ4n) is 3.39. The highest BCUT2D eigenvalue weighted by Gasteiger charge is 2.20. The number of methoxy groups -OCH3 is 2. The minimum atomic E-state index is -0.494. The first kappa shape index (κ1) is 19.7. The molecule has 0 unspecified atom stereocenters. The van der Waals surface area contributed by atoms with E-state index in [1.54, 1.807) is 37.6 Å². The number of amides is 1. The van der Waals surface area contributed by atoms with Gasteiger partial charge in [0.15, 0.2) is 18.1 Å². The molecule has 1 amide bonds. The molecule has 1 aromatic heterocycles. The van der Waals surface area contributed by atoms with E-state index in [-0.39, 0.29) is 18.9 Å². The van der Waals surface area contributed by atoms with Crippen LogP contribution >= 0.6 is 0 Å². The van der Waals surface area contributed by atoms with Crippen LogP contribution in [0.4, 0.5) is 5.82 Å². The molecule has 1 N–H and O–H groups in total. The van der Waals surface area contributed by atoms with Gasteiger partial charge in [0, 0.05) is 6.07 Å². The number of rotatable bonds is 8. The third-order valence-electron chi connectivity index (χ3n) is 4.77. The topological polar surface area (TPSA) is 91.7 Å². The lowest BCUT2D eigenvalue weighted by molar-refractivity contribution is -0.146. The SMILES string of the molecule is COc1ccc(CC(=O)OCC(=O)Nc2ccnn2C2CCCC2)cc1OC. The summed E-state index contributed by atoms with van der Waals surface area (Å²) in [5.74, 6) is 0.864. The van der Waals surface area contributed by atoms with Crippen molar-refractivity contribution in [1.82, 2.24) is 9.78 Å². The third-order valence-corrected chi connectivity index (χ3v) is 4.77. The van der Waals surface area contributed by atoms with Crippen molar-refractivity contribution in [3.8, 4) is 11.5 Å². The van der Waals surface area contributed by atoms with Gasteiger partial charge < -0.3 is 19.5 Å². The minimum absolute atomic E-state index is 0.0354. The predicted molar refractivity (Wildman–Crippen MR) is 103 cm³/mol. The molecule has 28 heavy (non-hydrogen) atoms. The van der Waals surface area contributed by atoms with Gasteiger partial charge in [-0.3, -0.25) is 9.59 Å². The van der Waals surface area contributed by atoms with Crippen molar-refractivity contribution in [3.05, 3.63) is 36.0 Å². The summed E-state index contributed by atoms with van der Waals surface area (Å²) in [4.78, 5) is 24.2. The van der Waals surface area contributed by atoms with Crippen molar-refractivity contribution in [3.63, 3.8) is 0 Å². The molecule has 0 bridgehead atoms. The van der Waals surface area contributed by atoms with E-state index in [9.17, 15) is 9.59 Å². The van der Waals surface area contributed by atoms with Crippen molar-refractivity contribution in [2.24, 2.45) is 0 Å². The quantitative estimate of drug-likeness (QED) is 0.701. The summed E-state index contributed by atoms with van der Waals surface area (Å²) >= 11 is 0. The highest BCUT2D eigenvalue weighted by atomic mass is 16.5. The minimum Gasteiger partial charge on any atom is -0.493 e. The predicted octanol–water partition coefficient (Wildman–Crippen LogP) is 2.74. The molecule has 0 aliphatic heterocycles. The number of benzene rings is 1. The number of ether oxygens (including phenoxy) is 3. The van der Waals surface area contributed by atoms with E-state index in [0.29, 0.717) is 28.9 Å². The average Bonchev–Trinajstić information content (AvgIpc) is 3.37. The maximum atomic E-state index is 12.2. The summed E-state index contributed by atoms with van der Waals surface area (Å²) < 4.78 is 17.3. The van der Waals surface area contributed by atoms with Crippen LogP contribution in [0.15, 0.2) is 30.5 Å². The van der Waals surface area contributed by atoms with Crippen LogP contribution in [0.5, 0.6) is 11.5 Å². The second-order valence-electron chi connectivity index (χ2n) is 6.67. The Kier molecular flexibility index (Phi) is 6.52. The van der Waals surface area contributed by atoms with Gasteiger partial charge in [-0.2, -0.15) is 5.10 Å². The van der Waals surface area contributed by atoms with Gasteiger partial charge in [0.05, 0.1) is 32.9 Å². The molecule has 2 aromatic rings. The van der Waals surface area contributed by atoms with E-state index in [1.165, 1.54) is 20.0 Å². The Bertz CT molecular complexity index is 827. The maximum Gasteiger partial charge on any atom is 0.310 e. The van der Waals surface area contributed by atoms with Gasteiger partial charge in [0.2, 0.25) is 0 Å². The molecule has 0 spiro atoms. The number of nitrogens with one attached hydrogen (secondary N) is 1. The number of hydrogen-bond acceptors (Lipinski definition) is 6. The largest absolute Gasteiger partial charge is 0.493 e. The molecule has 1 aromatic carbocycles. The first-order valence-corrected chi connectivity index (χ1v) is 9.30. The number of carbonyl (C=O) groups excluding carboxylic acids is 2. The standard InChI is InChI=1S/C20H25N3O5/c1-26-16-8-7-14(11-17(16)27-2)12-20(25)28-13-19(24)22-18-9-10-21-23(18)15-5-3-4-6-15/h7-11,15H,3-6,12-13H2,1-2H3,(H,22,24). The summed E-state index contributed by atoms with van der Waals surface area (Å²) in [7, 11) is 3.07. The number of carbonyl (C=O) groups is 2. The number of esters is 1. The maximum absolute atomic E-state index is 12.2. The Morgan fingerprint density at radius 1 is 1.14 bits per heavy atom. The summed E-state index contributed by atoms with van der Waals surface area (Å²) in [6, 6.07) is 7.25. The summed E-state index contributed by atoms with van der Waals surface area (Å²) in [5.41, 5.74) is 0.711. The summed E-state index contributed by atoms with van der Waals surface area (Å²) in [6.45, 7) is -0.345. The summed E-state index contributed by atoms with van der Waals surface area (Å²) in [5, 5.41) is 7.07. The van der Waals surface area contributed by atoms with E-state index in [2.05, 4.69) is 10.4 Å². The first-order chi connectivity index (χ1) is 13.6. The average molecular weight is 387 g/mol. The van der Waals surface area contributed by atoms with Gasteiger partial charge in [-0.05, 0) is 30.5 Å². The second-order valence-corrected chi connectivity index (χ2v) is 6.67. The molecule has 1 saturated carbocycles. The number of hydrogen-bond donors (Lipinski definition) is 1. The molecule has 1 heterocycles. The van der Waals surface area contributed by atoms with Crippen LogP contribution < -0.4 is 14.8 Å². The Morgan fingerprint density at radius 3 is 2.61 bits per heavy atom. The van der Waals surface area contributed by atoms with E-state index in [4.69, 9.17) is 14.2 Å². The molecule has 0 saturated heterocycles. The van der Waals surface area contributed by atoms with Crippen LogP contribution in [-0.4, -0.2) is 42.5 Å². The molecule has 3 rings (SSSR count). The monoisotopic (exact) mass is 387 g/mol. The normalized spacial score (nSPS) is 13.9. The Hall–Kier alpha value is -3.03. The van der Waals surface area contributed by atoms with Gasteiger partial charge in [-0.1, -0.05) is 18.9 Å². The Morgan fingerprint density at radius 2 is 1.89 bits per heavy atom. The van der Waals surface area contributed by atoms with E-state index >= 15 is 0 Å². The second kappa shape index (κ2) is 9.25. The van der Waals surface area contributed by atoms with Crippen LogP contribution in [0.3, 0.4) is 0 Å². The van der Waals surface area contributed by atoms with Gasteiger partial charge in [-0.15, -0.1) is 0 Å². The summed E-state index contributed by atoms with van der Waals surface area (Å²) in [6.07, 6.45) is 6.16. The van der Waals surface area contributed by atoms with E-state index in [1.807, 2.05) is 4.68 Å². The zero-order valence-corrected chi connectivity index (χ0v) is 16.1. The van der Waals surface area contributed by atoms with Crippen molar-refractivity contribution in [1.29, 1.82) is 0 Å². The molecular weight excluding hydrogens is 362 g/mol. The number of nitrogens with zero attached hydrogens (tertiary/aromatic N) is 2. The van der Waals surface area contributed by atoms with Crippen molar-refractivity contribution >= 4 is 17.7 Å². The molecule has 8 heteroatoms. The third kappa shape index (κ3) is 4.82. The smallest absolute Gasteiger partial charge is 0.310 e. The van der Waals surface area contributed by atoms with Gasteiger partial charge in [-0.25, -0.2) is 4.68 Å². The van der Waals surface area contributed by atoms with Crippen LogP contribution in [-0.2, 0) is 20.7 Å². The van der Waals surface area contributed by atoms with Crippen LogP contribution in [0.1, 0.15) is 37.3 Å². The Balaban J connectivity index is 1.50. The molecule has 150 valence electrons. The van der Waals surface area contributed by atoms with Gasteiger partial charge >= 0.3 is 5.97 Å². The molecule has 1 fully saturated rings. The van der Waals surface area contributed by atoms with Crippen molar-refractivity contribution < 1.29 is 23.8 Å². The van der Waals surface area contributed by atoms with Crippen LogP contribution in [0.25, 0.3) is 0 Å². The Labute approximate surface area is 163 Å². The molecule has 0 radical (unpaired) electrons.